The van der Waals surface area contributed by atoms with Crippen molar-refractivity contribution in [1.29, 1.82) is 0 Å². The van der Waals surface area contributed by atoms with Crippen LogP contribution in [0.2, 0.25) is 0 Å². The normalized spacial score (nSPS) is 16.2. The summed E-state index contributed by atoms with van der Waals surface area (Å²) in [6, 6.07) is 3.86. The van der Waals surface area contributed by atoms with Crippen molar-refractivity contribution in [3.63, 3.8) is 0 Å². The summed E-state index contributed by atoms with van der Waals surface area (Å²) in [6.45, 7) is 6.34. The van der Waals surface area contributed by atoms with Gasteiger partial charge < -0.3 is 16.8 Å². The Labute approximate surface area is 177 Å². The summed E-state index contributed by atoms with van der Waals surface area (Å²) in [5.74, 6) is 0.0218. The van der Waals surface area contributed by atoms with Crippen LogP contribution in [0.3, 0.4) is 0 Å². The molecule has 3 aromatic heterocycles. The quantitative estimate of drug-likeness (QED) is 0.566. The third-order valence-electron chi connectivity index (χ3n) is 5.40. The number of fused-ring (bicyclic) bond motifs is 2. The Kier molecular flexibility index (Phi) is 5.08. The van der Waals surface area contributed by atoms with Crippen LogP contribution in [0.4, 0.5) is 10.7 Å². The smallest absolute Gasteiger partial charge is 0.268 e. The number of aromatic nitrogens is 1. The molecule has 29 heavy (non-hydrogen) atoms. The van der Waals surface area contributed by atoms with Crippen LogP contribution in [0, 0.1) is 5.92 Å². The van der Waals surface area contributed by atoms with Gasteiger partial charge in [-0.05, 0) is 48.8 Å². The highest BCUT2D eigenvalue weighted by Gasteiger charge is 2.28. The lowest BCUT2D eigenvalue weighted by Crippen LogP contribution is -2.19. The van der Waals surface area contributed by atoms with Gasteiger partial charge in [-0.3, -0.25) is 9.59 Å². The van der Waals surface area contributed by atoms with E-state index in [1.165, 1.54) is 22.7 Å². The number of pyridine rings is 1. The Balaban J connectivity index is 1.70. The topological polar surface area (TPSA) is 111 Å². The largest absolute Gasteiger partial charge is 0.397 e. The van der Waals surface area contributed by atoms with Gasteiger partial charge in [0, 0.05) is 16.0 Å². The second kappa shape index (κ2) is 7.42. The Hall–Kier alpha value is -2.45. The summed E-state index contributed by atoms with van der Waals surface area (Å²) in [5.41, 5.74) is 14.7. The van der Waals surface area contributed by atoms with Crippen LogP contribution in [0.1, 0.15) is 69.3 Å². The summed E-state index contributed by atoms with van der Waals surface area (Å²) >= 11 is 2.72. The highest BCUT2D eigenvalue weighted by Crippen LogP contribution is 2.40. The highest BCUT2D eigenvalue weighted by atomic mass is 32.1. The van der Waals surface area contributed by atoms with Crippen molar-refractivity contribution in [2.45, 2.75) is 46.0 Å². The number of primary amides is 1. The number of nitrogens with zero attached hydrogens (tertiary/aromatic N) is 1. The van der Waals surface area contributed by atoms with E-state index in [2.05, 4.69) is 31.1 Å². The molecule has 4 rings (SSSR count). The van der Waals surface area contributed by atoms with Gasteiger partial charge in [-0.25, -0.2) is 4.98 Å². The van der Waals surface area contributed by atoms with E-state index in [4.69, 9.17) is 11.5 Å². The Morgan fingerprint density at radius 2 is 2.03 bits per heavy atom. The lowest BCUT2D eigenvalue weighted by molar-refractivity contribution is 0.1000. The molecular weight excluding hydrogens is 404 g/mol. The Bertz CT molecular complexity index is 1130. The molecule has 152 valence electrons. The minimum absolute atomic E-state index is 0.290. The van der Waals surface area contributed by atoms with Gasteiger partial charge in [-0.1, -0.05) is 20.8 Å². The fraction of sp³-hybridized carbons (Fsp3) is 0.381. The summed E-state index contributed by atoms with van der Waals surface area (Å²) in [6.07, 6.45) is 2.74. The zero-order valence-corrected chi connectivity index (χ0v) is 18.3. The Morgan fingerprint density at radius 1 is 1.28 bits per heavy atom. The number of amides is 2. The number of carbonyl (C=O) groups excluding carboxylic acids is 2. The van der Waals surface area contributed by atoms with Crippen molar-refractivity contribution in [3.05, 3.63) is 38.7 Å². The first kappa shape index (κ1) is 19.8. The van der Waals surface area contributed by atoms with E-state index in [0.717, 1.165) is 45.6 Å². The van der Waals surface area contributed by atoms with Gasteiger partial charge in [0.1, 0.15) is 14.7 Å². The SMILES string of the molecule is CC1CCc2c(sc(NC(=O)c3sc4nc(C(C)C)ccc4c3N)c2C(N)=O)C1. The van der Waals surface area contributed by atoms with Gasteiger partial charge in [0.05, 0.1) is 11.3 Å². The fourth-order valence-corrected chi connectivity index (χ4v) is 6.17. The van der Waals surface area contributed by atoms with Crippen LogP contribution in [0.15, 0.2) is 12.1 Å². The van der Waals surface area contributed by atoms with Crippen LogP contribution in [-0.2, 0) is 12.8 Å². The van der Waals surface area contributed by atoms with Crippen LogP contribution < -0.4 is 16.8 Å². The molecule has 1 unspecified atom stereocenters. The highest BCUT2D eigenvalue weighted by molar-refractivity contribution is 7.21. The van der Waals surface area contributed by atoms with Gasteiger partial charge in [0.2, 0.25) is 0 Å². The average molecular weight is 429 g/mol. The van der Waals surface area contributed by atoms with Gasteiger partial charge >= 0.3 is 0 Å². The maximum Gasteiger partial charge on any atom is 0.268 e. The molecule has 0 aliphatic heterocycles. The van der Waals surface area contributed by atoms with Crippen molar-refractivity contribution < 1.29 is 9.59 Å². The Morgan fingerprint density at radius 3 is 2.72 bits per heavy atom. The number of hydrogen-bond donors (Lipinski definition) is 3. The molecule has 6 nitrogen and oxygen atoms in total. The number of nitrogens with two attached hydrogens (primary N) is 2. The van der Waals surface area contributed by atoms with Crippen LogP contribution in [0.25, 0.3) is 10.2 Å². The summed E-state index contributed by atoms with van der Waals surface area (Å²) < 4.78 is 0. The van der Waals surface area contributed by atoms with E-state index in [1.807, 2.05) is 12.1 Å². The van der Waals surface area contributed by atoms with E-state index >= 15 is 0 Å². The number of hydrogen-bond acceptors (Lipinski definition) is 6. The molecule has 1 aliphatic carbocycles. The summed E-state index contributed by atoms with van der Waals surface area (Å²) in [4.78, 5) is 32.1. The van der Waals surface area contributed by atoms with Crippen molar-refractivity contribution in [3.8, 4) is 0 Å². The second-order valence-electron chi connectivity index (χ2n) is 7.96. The number of thiophene rings is 2. The number of anilines is 2. The molecule has 0 spiro atoms. The zero-order chi connectivity index (χ0) is 20.9. The molecule has 1 aliphatic rings. The molecule has 5 N–H and O–H groups in total. The maximum absolute atomic E-state index is 13.0. The minimum Gasteiger partial charge on any atom is -0.397 e. The lowest BCUT2D eigenvalue weighted by atomic mass is 9.88. The van der Waals surface area contributed by atoms with Gasteiger partial charge in [0.25, 0.3) is 11.8 Å². The lowest BCUT2D eigenvalue weighted by Gasteiger charge is -2.18. The van der Waals surface area contributed by atoms with E-state index in [9.17, 15) is 9.59 Å². The molecule has 1 atom stereocenters. The second-order valence-corrected chi connectivity index (χ2v) is 10.1. The maximum atomic E-state index is 13.0. The van der Waals surface area contributed by atoms with Crippen LogP contribution in [0.5, 0.6) is 0 Å². The first-order valence-electron chi connectivity index (χ1n) is 9.70. The van der Waals surface area contributed by atoms with Gasteiger partial charge in [-0.2, -0.15) is 0 Å². The molecule has 3 heterocycles. The summed E-state index contributed by atoms with van der Waals surface area (Å²) in [5, 5.41) is 4.20. The molecule has 0 fully saturated rings. The third-order valence-corrected chi connectivity index (χ3v) is 7.68. The fourth-order valence-electron chi connectivity index (χ4n) is 3.76. The number of nitrogen functional groups attached to an aromatic ring is 1. The zero-order valence-electron chi connectivity index (χ0n) is 16.7. The van der Waals surface area contributed by atoms with Crippen molar-refractivity contribution >= 4 is 55.4 Å². The number of rotatable bonds is 4. The van der Waals surface area contributed by atoms with Crippen LogP contribution in [-0.4, -0.2) is 16.8 Å². The minimum atomic E-state index is -0.500. The average Bonchev–Trinajstić information content (AvgIpc) is 3.18. The molecule has 0 saturated carbocycles. The molecular formula is C21H24N4O2S2. The predicted molar refractivity (Wildman–Crippen MR) is 120 cm³/mol. The van der Waals surface area contributed by atoms with Crippen molar-refractivity contribution in [2.24, 2.45) is 11.7 Å². The monoisotopic (exact) mass is 428 g/mol. The molecule has 0 saturated heterocycles. The standard InChI is InChI=1S/C21H24N4O2S2/c1-9(2)13-7-6-12-16(22)17(29-20(12)24-13)19(27)25-21-15(18(23)26)11-5-4-10(3)8-14(11)28-21/h6-7,9-10H,4-5,8,22H2,1-3H3,(H2,23,26)(H,25,27). The third kappa shape index (κ3) is 3.51. The molecule has 0 radical (unpaired) electrons. The molecule has 0 aromatic carbocycles. The van der Waals surface area contributed by atoms with Gasteiger partial charge in [-0.15, -0.1) is 22.7 Å². The molecule has 3 aromatic rings. The molecule has 8 heteroatoms. The van der Waals surface area contributed by atoms with E-state index in [1.54, 1.807) is 0 Å². The van der Waals surface area contributed by atoms with Crippen molar-refractivity contribution in [1.82, 2.24) is 4.98 Å². The van der Waals surface area contributed by atoms with E-state index in [-0.39, 0.29) is 11.8 Å². The van der Waals surface area contributed by atoms with Crippen LogP contribution >= 0.6 is 22.7 Å². The van der Waals surface area contributed by atoms with Crippen molar-refractivity contribution in [2.75, 3.05) is 11.1 Å². The molecule has 2 amide bonds. The number of carbonyl (C=O) groups is 2. The van der Waals surface area contributed by atoms with E-state index < -0.39 is 5.91 Å². The first-order valence-corrected chi connectivity index (χ1v) is 11.3. The van der Waals surface area contributed by atoms with Gasteiger partial charge in [0.15, 0.2) is 0 Å². The number of nitrogens with one attached hydrogen (secondary N) is 1. The first-order chi connectivity index (χ1) is 13.8. The predicted octanol–water partition coefficient (Wildman–Crippen LogP) is 4.54. The molecule has 0 bridgehead atoms. The van der Waals surface area contributed by atoms with E-state index in [0.29, 0.717) is 27.0 Å². The summed E-state index contributed by atoms with van der Waals surface area (Å²) in [7, 11) is 0.